The van der Waals surface area contributed by atoms with Gasteiger partial charge in [-0.05, 0) is 50.5 Å². The van der Waals surface area contributed by atoms with Gasteiger partial charge in [-0.15, -0.1) is 0 Å². The molecule has 102 valence electrons. The summed E-state index contributed by atoms with van der Waals surface area (Å²) in [5.41, 5.74) is 5.40. The van der Waals surface area contributed by atoms with E-state index < -0.39 is 0 Å². The minimum Gasteiger partial charge on any atom is -0.496 e. The SMILES string of the molecule is CNc1nc(-c2cc(C)c(OC)c(C)c2C)c(C)o1. The van der Waals surface area contributed by atoms with Crippen LogP contribution in [0.25, 0.3) is 11.3 Å². The summed E-state index contributed by atoms with van der Waals surface area (Å²) in [5.74, 6) is 1.76. The highest BCUT2D eigenvalue weighted by atomic mass is 16.5. The van der Waals surface area contributed by atoms with Crippen LogP contribution in [0, 0.1) is 27.7 Å². The zero-order valence-corrected chi connectivity index (χ0v) is 12.3. The summed E-state index contributed by atoms with van der Waals surface area (Å²) < 4.78 is 11.0. The van der Waals surface area contributed by atoms with Crippen molar-refractivity contribution in [3.8, 4) is 17.0 Å². The van der Waals surface area contributed by atoms with Crippen LogP contribution in [-0.2, 0) is 0 Å². The summed E-state index contributed by atoms with van der Waals surface area (Å²) in [5, 5.41) is 2.93. The second-order valence-corrected chi connectivity index (χ2v) is 4.70. The molecule has 1 aromatic carbocycles. The van der Waals surface area contributed by atoms with E-state index in [2.05, 4.69) is 30.2 Å². The molecule has 0 radical (unpaired) electrons. The maximum atomic E-state index is 5.56. The number of rotatable bonds is 3. The quantitative estimate of drug-likeness (QED) is 0.915. The Morgan fingerprint density at radius 2 is 1.84 bits per heavy atom. The third-order valence-electron chi connectivity index (χ3n) is 3.50. The van der Waals surface area contributed by atoms with Crippen molar-refractivity contribution in [3.63, 3.8) is 0 Å². The number of anilines is 1. The Labute approximate surface area is 113 Å². The van der Waals surface area contributed by atoms with Crippen LogP contribution in [0.1, 0.15) is 22.5 Å². The highest BCUT2D eigenvalue weighted by Crippen LogP contribution is 2.35. The number of hydrogen-bond donors (Lipinski definition) is 1. The average Bonchev–Trinajstić information content (AvgIpc) is 2.76. The fourth-order valence-electron chi connectivity index (χ4n) is 2.37. The highest BCUT2D eigenvalue weighted by molar-refractivity contribution is 5.71. The average molecular weight is 260 g/mol. The van der Waals surface area contributed by atoms with Gasteiger partial charge in [-0.1, -0.05) is 0 Å². The van der Waals surface area contributed by atoms with E-state index in [1.165, 1.54) is 5.56 Å². The number of aryl methyl sites for hydroxylation is 2. The van der Waals surface area contributed by atoms with Gasteiger partial charge in [0.15, 0.2) is 0 Å². The summed E-state index contributed by atoms with van der Waals surface area (Å²) in [6.07, 6.45) is 0. The molecule has 4 nitrogen and oxygen atoms in total. The molecule has 0 bridgehead atoms. The molecule has 19 heavy (non-hydrogen) atoms. The molecule has 0 unspecified atom stereocenters. The van der Waals surface area contributed by atoms with Crippen molar-refractivity contribution in [3.05, 3.63) is 28.5 Å². The van der Waals surface area contributed by atoms with Crippen LogP contribution in [0.2, 0.25) is 0 Å². The molecule has 0 fully saturated rings. The van der Waals surface area contributed by atoms with Crippen molar-refractivity contribution in [1.82, 2.24) is 4.98 Å². The number of benzene rings is 1. The van der Waals surface area contributed by atoms with Gasteiger partial charge in [0, 0.05) is 12.6 Å². The lowest BCUT2D eigenvalue weighted by atomic mass is 9.96. The standard InChI is InChI=1S/C15H20N2O2/c1-8-7-12(9(2)10(3)14(8)18-6)13-11(4)19-15(16-5)17-13/h7H,1-6H3,(H,16,17). The molecule has 1 heterocycles. The molecule has 1 aromatic heterocycles. The molecular weight excluding hydrogens is 240 g/mol. The van der Waals surface area contributed by atoms with E-state index in [1.54, 1.807) is 14.2 Å². The molecule has 0 aliphatic rings. The molecule has 0 atom stereocenters. The second kappa shape index (κ2) is 4.96. The number of aromatic nitrogens is 1. The van der Waals surface area contributed by atoms with Crippen molar-refractivity contribution in [1.29, 1.82) is 0 Å². The van der Waals surface area contributed by atoms with E-state index in [0.29, 0.717) is 6.01 Å². The molecule has 0 saturated carbocycles. The van der Waals surface area contributed by atoms with Crippen LogP contribution >= 0.6 is 0 Å². The molecule has 4 heteroatoms. The molecule has 2 rings (SSSR count). The number of hydrogen-bond acceptors (Lipinski definition) is 4. The van der Waals surface area contributed by atoms with Crippen molar-refractivity contribution >= 4 is 6.01 Å². The molecule has 0 spiro atoms. The van der Waals surface area contributed by atoms with Gasteiger partial charge in [0.2, 0.25) is 0 Å². The topological polar surface area (TPSA) is 47.3 Å². The lowest BCUT2D eigenvalue weighted by Gasteiger charge is -2.14. The van der Waals surface area contributed by atoms with Crippen LogP contribution in [-0.4, -0.2) is 19.1 Å². The lowest BCUT2D eigenvalue weighted by Crippen LogP contribution is -1.97. The number of oxazole rings is 1. The molecule has 0 aliphatic heterocycles. The number of nitrogens with zero attached hydrogens (tertiary/aromatic N) is 1. The van der Waals surface area contributed by atoms with E-state index in [0.717, 1.165) is 33.9 Å². The molecule has 2 aromatic rings. The Bertz CT molecular complexity index is 615. The van der Waals surface area contributed by atoms with Crippen LogP contribution in [0.5, 0.6) is 5.75 Å². The van der Waals surface area contributed by atoms with Gasteiger partial charge in [0.05, 0.1) is 7.11 Å². The van der Waals surface area contributed by atoms with Gasteiger partial charge in [0.25, 0.3) is 6.01 Å². The largest absolute Gasteiger partial charge is 0.496 e. The van der Waals surface area contributed by atoms with E-state index >= 15 is 0 Å². The summed E-state index contributed by atoms with van der Waals surface area (Å²) in [6.45, 7) is 8.12. The van der Waals surface area contributed by atoms with Gasteiger partial charge in [-0.2, -0.15) is 4.98 Å². The van der Waals surface area contributed by atoms with Gasteiger partial charge in [-0.25, -0.2) is 0 Å². The predicted octanol–water partition coefficient (Wildman–Crippen LogP) is 3.63. The Morgan fingerprint density at radius 3 is 2.37 bits per heavy atom. The van der Waals surface area contributed by atoms with Crippen molar-refractivity contribution in [2.24, 2.45) is 0 Å². The first-order chi connectivity index (χ1) is 8.99. The number of ether oxygens (including phenoxy) is 1. The highest BCUT2D eigenvalue weighted by Gasteiger charge is 2.17. The first-order valence-corrected chi connectivity index (χ1v) is 6.30. The zero-order valence-electron chi connectivity index (χ0n) is 12.3. The molecular formula is C15H20N2O2. The van der Waals surface area contributed by atoms with Crippen LogP contribution in [0.15, 0.2) is 10.5 Å². The Morgan fingerprint density at radius 1 is 1.16 bits per heavy atom. The third kappa shape index (κ3) is 2.18. The summed E-state index contributed by atoms with van der Waals surface area (Å²) in [4.78, 5) is 4.48. The van der Waals surface area contributed by atoms with E-state index in [-0.39, 0.29) is 0 Å². The molecule has 0 saturated heterocycles. The van der Waals surface area contributed by atoms with E-state index in [1.807, 2.05) is 13.8 Å². The van der Waals surface area contributed by atoms with Crippen LogP contribution in [0.3, 0.4) is 0 Å². The maximum Gasteiger partial charge on any atom is 0.295 e. The summed E-state index contributed by atoms with van der Waals surface area (Å²) in [7, 11) is 3.50. The van der Waals surface area contributed by atoms with Crippen molar-refractivity contribution < 1.29 is 9.15 Å². The second-order valence-electron chi connectivity index (χ2n) is 4.70. The van der Waals surface area contributed by atoms with Gasteiger partial charge in [-0.3, -0.25) is 0 Å². The maximum absolute atomic E-state index is 5.56. The number of nitrogens with one attached hydrogen (secondary N) is 1. The zero-order chi connectivity index (χ0) is 14.2. The van der Waals surface area contributed by atoms with E-state index in [9.17, 15) is 0 Å². The summed E-state index contributed by atoms with van der Waals surface area (Å²) >= 11 is 0. The predicted molar refractivity (Wildman–Crippen MR) is 77.0 cm³/mol. The van der Waals surface area contributed by atoms with Gasteiger partial charge < -0.3 is 14.5 Å². The fraction of sp³-hybridized carbons (Fsp3) is 0.400. The Balaban J connectivity index is 2.66. The Hall–Kier alpha value is -1.97. The lowest BCUT2D eigenvalue weighted by molar-refractivity contribution is 0.408. The molecule has 1 N–H and O–H groups in total. The van der Waals surface area contributed by atoms with Crippen LogP contribution < -0.4 is 10.1 Å². The van der Waals surface area contributed by atoms with Gasteiger partial charge >= 0.3 is 0 Å². The normalized spacial score (nSPS) is 10.6. The van der Waals surface area contributed by atoms with Gasteiger partial charge in [0.1, 0.15) is 17.2 Å². The smallest absolute Gasteiger partial charge is 0.295 e. The molecule has 0 amide bonds. The minimum absolute atomic E-state index is 0.540. The Kier molecular flexibility index (Phi) is 3.51. The summed E-state index contributed by atoms with van der Waals surface area (Å²) in [6, 6.07) is 2.64. The van der Waals surface area contributed by atoms with Crippen molar-refractivity contribution in [2.75, 3.05) is 19.5 Å². The van der Waals surface area contributed by atoms with E-state index in [4.69, 9.17) is 9.15 Å². The fourth-order valence-corrected chi connectivity index (χ4v) is 2.37. The monoisotopic (exact) mass is 260 g/mol. The number of methoxy groups -OCH3 is 1. The van der Waals surface area contributed by atoms with Crippen molar-refractivity contribution in [2.45, 2.75) is 27.7 Å². The minimum atomic E-state index is 0.540. The van der Waals surface area contributed by atoms with Crippen LogP contribution in [0.4, 0.5) is 6.01 Å². The first-order valence-electron chi connectivity index (χ1n) is 6.30. The third-order valence-corrected chi connectivity index (χ3v) is 3.50. The first kappa shape index (κ1) is 13.5. The molecule has 0 aliphatic carbocycles.